The highest BCUT2D eigenvalue weighted by Crippen LogP contribution is 2.24. The van der Waals surface area contributed by atoms with Crippen molar-refractivity contribution < 1.29 is 28.6 Å². The van der Waals surface area contributed by atoms with Gasteiger partial charge in [0.2, 0.25) is 5.91 Å². The van der Waals surface area contributed by atoms with Crippen LogP contribution in [0.25, 0.3) is 5.69 Å². The van der Waals surface area contributed by atoms with Crippen LogP contribution in [0.3, 0.4) is 0 Å². The number of ether oxygens (including phenoxy) is 1. The number of carbonyl (C=O) groups is 3. The molecule has 3 N–H and O–H groups in total. The van der Waals surface area contributed by atoms with Crippen LogP contribution in [0.2, 0.25) is 5.02 Å². The van der Waals surface area contributed by atoms with Gasteiger partial charge in [0.1, 0.15) is 23.2 Å². The number of aromatic carboxylic acids is 1. The van der Waals surface area contributed by atoms with Gasteiger partial charge in [0, 0.05) is 38.5 Å². The fraction of sp³-hybridized carbons (Fsp3) is 0.208. The maximum absolute atomic E-state index is 14.9. The van der Waals surface area contributed by atoms with E-state index in [2.05, 4.69) is 15.6 Å². The van der Waals surface area contributed by atoms with Crippen molar-refractivity contribution in [2.24, 2.45) is 0 Å². The number of rotatable bonds is 6. The Balaban J connectivity index is 1.52. The van der Waals surface area contributed by atoms with Crippen molar-refractivity contribution in [3.63, 3.8) is 0 Å². The van der Waals surface area contributed by atoms with Crippen LogP contribution in [0.15, 0.2) is 59.7 Å². The van der Waals surface area contributed by atoms with Gasteiger partial charge >= 0.3 is 12.0 Å². The second kappa shape index (κ2) is 10.8. The summed E-state index contributed by atoms with van der Waals surface area (Å²) < 4.78 is 21.2. The molecule has 11 nitrogen and oxygen atoms in total. The van der Waals surface area contributed by atoms with E-state index in [1.807, 2.05) is 0 Å². The summed E-state index contributed by atoms with van der Waals surface area (Å²) in [5.74, 6) is -2.68. The van der Waals surface area contributed by atoms with Gasteiger partial charge in [-0.05, 0) is 36.4 Å². The average Bonchev–Trinajstić information content (AvgIpc) is 3.32. The topological polar surface area (TPSA) is 143 Å². The number of aromatic nitrogens is 2. The predicted molar refractivity (Wildman–Crippen MR) is 132 cm³/mol. The van der Waals surface area contributed by atoms with Gasteiger partial charge in [-0.3, -0.25) is 19.5 Å². The maximum Gasteiger partial charge on any atom is 0.341 e. The molecule has 3 heterocycles. The molecule has 1 aromatic carbocycles. The molecule has 4 rings (SSSR count). The number of carboxylic acid groups (broad SMARTS) is 1. The maximum atomic E-state index is 14.9. The van der Waals surface area contributed by atoms with Gasteiger partial charge in [-0.2, -0.15) is 0 Å². The fourth-order valence-electron chi connectivity index (χ4n) is 3.90. The summed E-state index contributed by atoms with van der Waals surface area (Å²) in [6.45, 7) is 0.123. The first kappa shape index (κ1) is 25.8. The molecular weight excluding hydrogens is 509 g/mol. The Bertz CT molecular complexity index is 1410. The first-order valence-corrected chi connectivity index (χ1v) is 11.3. The van der Waals surface area contributed by atoms with Gasteiger partial charge < -0.3 is 20.1 Å². The summed E-state index contributed by atoms with van der Waals surface area (Å²) in [7, 11) is 1.46. The molecule has 1 aliphatic rings. The molecule has 2 aromatic heterocycles. The first-order chi connectivity index (χ1) is 17.7. The smallest absolute Gasteiger partial charge is 0.341 e. The molecule has 0 saturated carbocycles. The van der Waals surface area contributed by atoms with Crippen molar-refractivity contribution >= 4 is 41.0 Å². The van der Waals surface area contributed by atoms with Crippen molar-refractivity contribution in [3.8, 4) is 5.69 Å². The fourth-order valence-corrected chi connectivity index (χ4v) is 4.02. The second-order valence-electron chi connectivity index (χ2n) is 8.11. The molecule has 1 saturated heterocycles. The highest BCUT2D eigenvalue weighted by molar-refractivity contribution is 6.30. The third kappa shape index (κ3) is 5.60. The van der Waals surface area contributed by atoms with Crippen LogP contribution in [-0.2, 0) is 9.53 Å². The summed E-state index contributed by atoms with van der Waals surface area (Å²) in [5, 5.41) is 14.6. The van der Waals surface area contributed by atoms with Gasteiger partial charge in [0.25, 0.3) is 5.56 Å². The van der Waals surface area contributed by atoms with Crippen molar-refractivity contribution in [2.45, 2.75) is 18.6 Å². The Kier molecular flexibility index (Phi) is 7.50. The lowest BCUT2D eigenvalue weighted by molar-refractivity contribution is -0.119. The van der Waals surface area contributed by atoms with Crippen LogP contribution in [0.4, 0.5) is 20.7 Å². The SMILES string of the molecule is CO[C@@H]1C[C@H](C(=O)Nc2ccc(-n3cccc(C(=O)O)c3=O)cc2F)N(C(=O)Nc2ccc(Cl)cn2)C1. The van der Waals surface area contributed by atoms with E-state index in [1.165, 1.54) is 48.7 Å². The summed E-state index contributed by atoms with van der Waals surface area (Å²) in [5.41, 5.74) is -1.42. The van der Waals surface area contributed by atoms with E-state index >= 15 is 0 Å². The molecule has 13 heteroatoms. The first-order valence-electron chi connectivity index (χ1n) is 11.0. The van der Waals surface area contributed by atoms with Gasteiger partial charge in [0.05, 0.1) is 22.5 Å². The van der Waals surface area contributed by atoms with Gasteiger partial charge in [0.15, 0.2) is 0 Å². The van der Waals surface area contributed by atoms with Crippen molar-refractivity contribution in [1.82, 2.24) is 14.5 Å². The van der Waals surface area contributed by atoms with Crippen molar-refractivity contribution in [1.29, 1.82) is 0 Å². The number of urea groups is 1. The number of nitrogens with one attached hydrogen (secondary N) is 2. The van der Waals surface area contributed by atoms with Gasteiger partial charge in [-0.25, -0.2) is 19.0 Å². The molecular formula is C24H21ClFN5O6. The standard InChI is InChI=1S/C24H21ClFN5O6/c1-37-15-10-19(31(12-15)24(36)29-20-7-4-13(25)11-27-20)21(32)28-18-6-5-14(9-17(18)26)30-8-2-3-16(22(30)33)23(34)35/h2-9,11,15,19H,10,12H2,1H3,(H,28,32)(H,34,35)(H,27,29,36)/t15-,19-/m1/s1. The summed E-state index contributed by atoms with van der Waals surface area (Å²) in [6.07, 6.45) is 2.43. The Morgan fingerprint density at radius 1 is 1.19 bits per heavy atom. The Morgan fingerprint density at radius 3 is 2.62 bits per heavy atom. The highest BCUT2D eigenvalue weighted by Gasteiger charge is 2.40. The van der Waals surface area contributed by atoms with E-state index < -0.39 is 47.0 Å². The van der Waals surface area contributed by atoms with Crippen molar-refractivity contribution in [2.75, 3.05) is 24.3 Å². The highest BCUT2D eigenvalue weighted by atomic mass is 35.5. The van der Waals surface area contributed by atoms with Crippen LogP contribution >= 0.6 is 11.6 Å². The number of methoxy groups -OCH3 is 1. The number of anilines is 2. The molecule has 3 aromatic rings. The molecule has 37 heavy (non-hydrogen) atoms. The molecule has 0 radical (unpaired) electrons. The summed E-state index contributed by atoms with van der Waals surface area (Å²) in [4.78, 5) is 54.8. The van der Waals surface area contributed by atoms with Crippen LogP contribution in [0.1, 0.15) is 16.8 Å². The quantitative estimate of drug-likeness (QED) is 0.445. The third-order valence-corrected chi connectivity index (χ3v) is 6.01. The molecule has 1 aliphatic heterocycles. The van der Waals surface area contributed by atoms with Crippen LogP contribution in [-0.4, -0.2) is 63.3 Å². The second-order valence-corrected chi connectivity index (χ2v) is 8.55. The number of pyridine rings is 2. The van der Waals surface area contributed by atoms with E-state index in [9.17, 15) is 23.6 Å². The zero-order valence-electron chi connectivity index (χ0n) is 19.4. The van der Waals surface area contributed by atoms with Gasteiger partial charge in [-0.15, -0.1) is 0 Å². The van der Waals surface area contributed by atoms with Crippen LogP contribution in [0.5, 0.6) is 0 Å². The van der Waals surface area contributed by atoms with E-state index in [1.54, 1.807) is 6.07 Å². The summed E-state index contributed by atoms with van der Waals surface area (Å²) >= 11 is 5.81. The average molecular weight is 530 g/mol. The third-order valence-electron chi connectivity index (χ3n) is 5.79. The Hall–Kier alpha value is -4.29. The van der Waals surface area contributed by atoms with E-state index in [0.717, 1.165) is 16.7 Å². The molecule has 1 fully saturated rings. The lowest BCUT2D eigenvalue weighted by Crippen LogP contribution is -2.45. The van der Waals surface area contributed by atoms with E-state index in [4.69, 9.17) is 21.4 Å². The molecule has 2 atom stereocenters. The number of hydrogen-bond donors (Lipinski definition) is 3. The number of carboxylic acids is 1. The summed E-state index contributed by atoms with van der Waals surface area (Å²) in [6, 6.07) is 7.58. The monoisotopic (exact) mass is 529 g/mol. The lowest BCUT2D eigenvalue weighted by Gasteiger charge is -2.24. The molecule has 0 unspecified atom stereocenters. The van der Waals surface area contributed by atoms with E-state index in [0.29, 0.717) is 5.02 Å². The number of nitrogens with zero attached hydrogens (tertiary/aromatic N) is 3. The minimum absolute atomic E-state index is 0.0698. The zero-order valence-corrected chi connectivity index (χ0v) is 20.1. The normalized spacial score (nSPS) is 16.9. The van der Waals surface area contributed by atoms with Crippen molar-refractivity contribution in [3.05, 3.63) is 81.6 Å². The number of amides is 3. The lowest BCUT2D eigenvalue weighted by atomic mass is 10.1. The largest absolute Gasteiger partial charge is 0.477 e. The predicted octanol–water partition coefficient (Wildman–Crippen LogP) is 2.98. The van der Waals surface area contributed by atoms with Crippen LogP contribution < -0.4 is 16.2 Å². The van der Waals surface area contributed by atoms with E-state index in [-0.39, 0.29) is 30.2 Å². The Morgan fingerprint density at radius 2 is 1.97 bits per heavy atom. The molecule has 0 spiro atoms. The minimum Gasteiger partial charge on any atom is -0.477 e. The molecule has 0 aliphatic carbocycles. The van der Waals surface area contributed by atoms with Gasteiger partial charge in [-0.1, -0.05) is 11.6 Å². The molecule has 3 amide bonds. The minimum atomic E-state index is -1.41. The van der Waals surface area contributed by atoms with Crippen LogP contribution in [0, 0.1) is 5.82 Å². The number of hydrogen-bond acceptors (Lipinski definition) is 6. The molecule has 0 bridgehead atoms. The Labute approximate surface area is 214 Å². The molecule has 192 valence electrons. The number of benzene rings is 1. The number of halogens is 2. The zero-order chi connectivity index (χ0) is 26.7. The number of carbonyl (C=O) groups excluding carboxylic acids is 2. The number of likely N-dealkylation sites (tertiary alicyclic amines) is 1.